The number of hydrogen-bond acceptors (Lipinski definition) is 1. The molecule has 0 amide bonds. The summed E-state index contributed by atoms with van der Waals surface area (Å²) in [5.74, 6) is 0. The fraction of sp³-hybridized carbons (Fsp3) is 0.556. The standard InChI is InChI=1S/C9H10F4S/c1-8(2,3)7-5(9(11,12)13)4-6(10)14-7/h4H,1-3H3. The predicted molar refractivity (Wildman–Crippen MR) is 48.0 cm³/mol. The van der Waals surface area contributed by atoms with E-state index in [1.165, 1.54) is 0 Å². The van der Waals surface area contributed by atoms with Crippen LogP contribution in [-0.2, 0) is 11.6 Å². The van der Waals surface area contributed by atoms with Crippen molar-refractivity contribution in [3.8, 4) is 0 Å². The van der Waals surface area contributed by atoms with Crippen LogP contribution < -0.4 is 0 Å². The van der Waals surface area contributed by atoms with Crippen LogP contribution in [0.15, 0.2) is 6.07 Å². The highest BCUT2D eigenvalue weighted by atomic mass is 32.1. The Balaban J connectivity index is 3.31. The SMILES string of the molecule is CC(C)(C)c1sc(F)cc1C(F)(F)F. The summed E-state index contributed by atoms with van der Waals surface area (Å²) >= 11 is 0.562. The average Bonchev–Trinajstić information content (AvgIpc) is 2.27. The van der Waals surface area contributed by atoms with Crippen LogP contribution in [0.1, 0.15) is 31.2 Å². The van der Waals surface area contributed by atoms with Gasteiger partial charge in [-0.05, 0) is 11.5 Å². The number of thiophene rings is 1. The van der Waals surface area contributed by atoms with Gasteiger partial charge >= 0.3 is 6.18 Å². The van der Waals surface area contributed by atoms with Crippen molar-refractivity contribution in [3.05, 3.63) is 21.6 Å². The van der Waals surface area contributed by atoms with Gasteiger partial charge in [0.1, 0.15) is 0 Å². The van der Waals surface area contributed by atoms with E-state index in [2.05, 4.69) is 0 Å². The van der Waals surface area contributed by atoms with Crippen molar-refractivity contribution >= 4 is 11.3 Å². The molecule has 0 saturated carbocycles. The minimum Gasteiger partial charge on any atom is -0.195 e. The van der Waals surface area contributed by atoms with Gasteiger partial charge in [-0.25, -0.2) is 0 Å². The lowest BCUT2D eigenvalue weighted by Gasteiger charge is -2.19. The summed E-state index contributed by atoms with van der Waals surface area (Å²) in [4.78, 5) is 0.0440. The maximum absolute atomic E-state index is 12.8. The Hall–Kier alpha value is -0.580. The van der Waals surface area contributed by atoms with E-state index >= 15 is 0 Å². The monoisotopic (exact) mass is 226 g/mol. The Morgan fingerprint density at radius 2 is 1.64 bits per heavy atom. The fourth-order valence-corrected chi connectivity index (χ4v) is 2.09. The largest absolute Gasteiger partial charge is 0.417 e. The van der Waals surface area contributed by atoms with E-state index in [9.17, 15) is 17.6 Å². The van der Waals surface area contributed by atoms with E-state index in [1.54, 1.807) is 20.8 Å². The van der Waals surface area contributed by atoms with E-state index in [4.69, 9.17) is 0 Å². The summed E-state index contributed by atoms with van der Waals surface area (Å²) < 4.78 is 50.1. The van der Waals surface area contributed by atoms with E-state index in [0.29, 0.717) is 17.4 Å². The molecule has 0 aliphatic rings. The van der Waals surface area contributed by atoms with Crippen molar-refractivity contribution in [3.63, 3.8) is 0 Å². The van der Waals surface area contributed by atoms with Crippen molar-refractivity contribution < 1.29 is 17.6 Å². The number of alkyl halides is 3. The molecule has 1 rings (SSSR count). The van der Waals surface area contributed by atoms with Crippen LogP contribution >= 0.6 is 11.3 Å². The van der Waals surface area contributed by atoms with Gasteiger partial charge in [-0.2, -0.15) is 17.6 Å². The molecule has 0 nitrogen and oxygen atoms in total. The Morgan fingerprint density at radius 1 is 1.14 bits per heavy atom. The van der Waals surface area contributed by atoms with Gasteiger partial charge in [-0.1, -0.05) is 20.8 Å². The molecule has 1 aromatic rings. The van der Waals surface area contributed by atoms with Crippen LogP contribution in [0.3, 0.4) is 0 Å². The maximum Gasteiger partial charge on any atom is 0.417 e. The van der Waals surface area contributed by atoms with Crippen LogP contribution in [-0.4, -0.2) is 0 Å². The molecule has 1 heterocycles. The van der Waals surface area contributed by atoms with Crippen molar-refractivity contribution in [2.45, 2.75) is 32.4 Å². The summed E-state index contributed by atoms with van der Waals surface area (Å²) in [6, 6.07) is 0.561. The molecule has 0 aliphatic carbocycles. The zero-order chi connectivity index (χ0) is 11.1. The third kappa shape index (κ3) is 2.26. The van der Waals surface area contributed by atoms with Crippen LogP contribution in [0.5, 0.6) is 0 Å². The number of rotatable bonds is 0. The molecule has 0 saturated heterocycles. The zero-order valence-electron chi connectivity index (χ0n) is 8.00. The Bertz CT molecular complexity index is 298. The van der Waals surface area contributed by atoms with E-state index in [1.807, 2.05) is 0 Å². The Morgan fingerprint density at radius 3 is 1.93 bits per heavy atom. The molecule has 0 N–H and O–H groups in total. The third-order valence-electron chi connectivity index (χ3n) is 1.69. The van der Waals surface area contributed by atoms with Crippen LogP contribution in [0.4, 0.5) is 17.6 Å². The highest BCUT2D eigenvalue weighted by Gasteiger charge is 2.38. The highest BCUT2D eigenvalue weighted by molar-refractivity contribution is 7.10. The van der Waals surface area contributed by atoms with Gasteiger partial charge in [-0.15, -0.1) is 11.3 Å². The predicted octanol–water partition coefficient (Wildman–Crippen LogP) is 4.20. The normalized spacial score (nSPS) is 13.4. The summed E-state index contributed by atoms with van der Waals surface area (Å²) in [5.41, 5.74) is -1.53. The van der Waals surface area contributed by atoms with Crippen molar-refractivity contribution in [1.82, 2.24) is 0 Å². The van der Waals surface area contributed by atoms with Crippen molar-refractivity contribution in [1.29, 1.82) is 0 Å². The zero-order valence-corrected chi connectivity index (χ0v) is 8.81. The summed E-state index contributed by atoms with van der Waals surface area (Å²) in [6.07, 6.45) is -4.47. The molecule has 14 heavy (non-hydrogen) atoms. The first-order chi connectivity index (χ1) is 6.12. The molecule has 0 aliphatic heterocycles. The van der Waals surface area contributed by atoms with E-state index in [-0.39, 0.29) is 4.88 Å². The van der Waals surface area contributed by atoms with Gasteiger partial charge in [0.25, 0.3) is 0 Å². The lowest BCUT2D eigenvalue weighted by Crippen LogP contribution is -2.16. The van der Waals surface area contributed by atoms with Gasteiger partial charge < -0.3 is 0 Å². The molecular formula is C9H10F4S. The van der Waals surface area contributed by atoms with Gasteiger partial charge in [0.2, 0.25) is 0 Å². The topological polar surface area (TPSA) is 0 Å². The first-order valence-corrected chi connectivity index (χ1v) is 4.81. The third-order valence-corrected chi connectivity index (χ3v) is 3.04. The van der Waals surface area contributed by atoms with Gasteiger partial charge in [0, 0.05) is 4.88 Å². The number of halogens is 4. The van der Waals surface area contributed by atoms with Gasteiger partial charge in [0.15, 0.2) is 5.13 Å². The molecule has 0 atom stereocenters. The number of hydrogen-bond donors (Lipinski definition) is 0. The second-order valence-corrected chi connectivity index (χ2v) is 5.04. The smallest absolute Gasteiger partial charge is 0.195 e. The molecule has 0 unspecified atom stereocenters. The minimum absolute atomic E-state index is 0.0440. The molecule has 0 fully saturated rings. The molecule has 5 heteroatoms. The molecule has 0 radical (unpaired) electrons. The summed E-state index contributed by atoms with van der Waals surface area (Å²) in [5, 5.41) is -0.790. The minimum atomic E-state index is -4.47. The quantitative estimate of drug-likeness (QED) is 0.581. The summed E-state index contributed by atoms with van der Waals surface area (Å²) in [6.45, 7) is 4.90. The second kappa shape index (κ2) is 3.22. The van der Waals surface area contributed by atoms with E-state index in [0.717, 1.165) is 0 Å². The van der Waals surface area contributed by atoms with Gasteiger partial charge in [-0.3, -0.25) is 0 Å². The lowest BCUT2D eigenvalue weighted by molar-refractivity contribution is -0.138. The van der Waals surface area contributed by atoms with Gasteiger partial charge in [0.05, 0.1) is 5.56 Å². The molecular weight excluding hydrogens is 216 g/mol. The summed E-state index contributed by atoms with van der Waals surface area (Å²) in [7, 11) is 0. The van der Waals surface area contributed by atoms with Crippen LogP contribution in [0.2, 0.25) is 0 Å². The van der Waals surface area contributed by atoms with Crippen LogP contribution in [0.25, 0.3) is 0 Å². The fourth-order valence-electron chi connectivity index (χ4n) is 1.13. The van der Waals surface area contributed by atoms with Crippen molar-refractivity contribution in [2.24, 2.45) is 0 Å². The maximum atomic E-state index is 12.8. The molecule has 80 valence electrons. The molecule has 1 aromatic heterocycles. The first kappa shape index (κ1) is 11.5. The Kier molecular flexibility index (Phi) is 2.65. The highest BCUT2D eigenvalue weighted by Crippen LogP contribution is 2.41. The average molecular weight is 226 g/mol. The van der Waals surface area contributed by atoms with Crippen LogP contribution in [0, 0.1) is 5.13 Å². The Labute approximate surface area is 83.6 Å². The molecule has 0 aromatic carbocycles. The second-order valence-electron chi connectivity index (χ2n) is 4.04. The molecule has 0 bridgehead atoms. The molecule has 0 spiro atoms. The first-order valence-electron chi connectivity index (χ1n) is 3.99. The van der Waals surface area contributed by atoms with E-state index < -0.39 is 22.3 Å². The lowest BCUT2D eigenvalue weighted by atomic mass is 9.91. The van der Waals surface area contributed by atoms with Crippen molar-refractivity contribution in [2.75, 3.05) is 0 Å².